The van der Waals surface area contributed by atoms with Gasteiger partial charge in [0, 0.05) is 0 Å². The topological polar surface area (TPSA) is 32.3 Å². The first-order valence-corrected chi connectivity index (χ1v) is 6.80. The summed E-state index contributed by atoms with van der Waals surface area (Å²) >= 11 is 0. The second-order valence-corrected chi connectivity index (χ2v) is 6.77. The van der Waals surface area contributed by atoms with Gasteiger partial charge in [0.1, 0.15) is 5.75 Å². The molecule has 0 saturated heterocycles. The summed E-state index contributed by atoms with van der Waals surface area (Å²) in [5.41, 5.74) is 0. The van der Waals surface area contributed by atoms with E-state index in [1.54, 1.807) is 20.2 Å². The smallest absolute Gasteiger partial charge is 1.00 e. The minimum absolute atomic E-state index is 0. The Hall–Kier alpha value is 0.253. The molecule has 0 spiro atoms. The molecule has 74 valence electrons. The molecule has 1 rings (SSSR count). The Bertz CT molecular complexity index is 276. The number of benzene rings is 1. The molecule has 5 heteroatoms. The number of halogens is 1. The second kappa shape index (κ2) is 6.68. The molecule has 0 aliphatic carbocycles. The number of hydrogen-bond donors (Lipinski definition) is 0. The van der Waals surface area contributed by atoms with Crippen LogP contribution in [0.25, 0.3) is 0 Å². The molecule has 0 bridgehead atoms. The third-order valence-electron chi connectivity index (χ3n) is 1.76. The third-order valence-corrected chi connectivity index (χ3v) is 3.47. The van der Waals surface area contributed by atoms with Crippen molar-refractivity contribution < 1.29 is 21.9 Å². The normalized spacial score (nSPS) is 9.71. The van der Waals surface area contributed by atoms with Crippen molar-refractivity contribution in [1.29, 1.82) is 0 Å². The summed E-state index contributed by atoms with van der Waals surface area (Å²) in [7, 11) is -0.878. The Morgan fingerprint density at radius 3 is 2.07 bits per heavy atom. The molecule has 0 aliphatic heterocycles. The number of ether oxygens (including phenoxy) is 1. The zero-order chi connectivity index (χ0) is 9.19. The van der Waals surface area contributed by atoms with Crippen LogP contribution in [0.15, 0.2) is 24.3 Å². The fourth-order valence-corrected chi connectivity index (χ4v) is 2.42. The first kappa shape index (κ1) is 16.7. The van der Waals surface area contributed by atoms with Gasteiger partial charge in [0.05, 0.1) is 7.11 Å². The first-order valence-electron chi connectivity index (χ1n) is 3.89. The molecular formula is C9H13ClMgO2Si. The van der Waals surface area contributed by atoms with Crippen LogP contribution in [0, 0.1) is 0 Å². The van der Waals surface area contributed by atoms with E-state index < -0.39 is 8.32 Å². The fourth-order valence-electron chi connectivity index (χ4n) is 1.14. The molecule has 0 aromatic heterocycles. The molecule has 0 fully saturated rings. The van der Waals surface area contributed by atoms with Crippen LogP contribution in [0.5, 0.6) is 5.75 Å². The van der Waals surface area contributed by atoms with Gasteiger partial charge >= 0.3 is 23.1 Å². The van der Waals surface area contributed by atoms with Gasteiger partial charge in [-0.1, -0.05) is 31.3 Å². The molecule has 1 aromatic carbocycles. The molecule has 0 unspecified atom stereocenters. The SMILES string of the molecule is COc1ccccc1[Si](C)(C)[O-].[Cl-].[Mg+2]. The summed E-state index contributed by atoms with van der Waals surface area (Å²) < 4.78 is 5.11. The summed E-state index contributed by atoms with van der Waals surface area (Å²) in [6, 6.07) is 7.45. The Balaban J connectivity index is 0. The molecule has 0 atom stereocenters. The van der Waals surface area contributed by atoms with Gasteiger partial charge in [-0.2, -0.15) is 0 Å². The van der Waals surface area contributed by atoms with Crippen molar-refractivity contribution in [2.45, 2.75) is 13.1 Å². The van der Waals surface area contributed by atoms with E-state index in [9.17, 15) is 4.80 Å². The summed E-state index contributed by atoms with van der Waals surface area (Å²) in [5, 5.41) is 0.840. The Morgan fingerprint density at radius 1 is 1.21 bits per heavy atom. The van der Waals surface area contributed by atoms with Gasteiger partial charge in [0.15, 0.2) is 0 Å². The van der Waals surface area contributed by atoms with Crippen molar-refractivity contribution >= 4 is 36.6 Å². The molecule has 0 saturated carbocycles. The van der Waals surface area contributed by atoms with Crippen molar-refractivity contribution in [3.63, 3.8) is 0 Å². The van der Waals surface area contributed by atoms with Gasteiger partial charge in [0.25, 0.3) is 0 Å². The van der Waals surface area contributed by atoms with Crippen LogP contribution < -0.4 is 27.1 Å². The predicted molar refractivity (Wildman–Crippen MR) is 55.9 cm³/mol. The van der Waals surface area contributed by atoms with E-state index in [0.717, 1.165) is 10.9 Å². The number of methoxy groups -OCH3 is 1. The van der Waals surface area contributed by atoms with E-state index in [0.29, 0.717) is 0 Å². The van der Waals surface area contributed by atoms with E-state index in [1.165, 1.54) is 0 Å². The molecule has 14 heavy (non-hydrogen) atoms. The van der Waals surface area contributed by atoms with Gasteiger partial charge in [-0.3, -0.25) is 0 Å². The van der Waals surface area contributed by atoms with Crippen molar-refractivity contribution in [2.75, 3.05) is 7.11 Å². The summed E-state index contributed by atoms with van der Waals surface area (Å²) in [4.78, 5) is 11.7. The van der Waals surface area contributed by atoms with Gasteiger partial charge in [-0.05, 0) is 19.6 Å². The maximum atomic E-state index is 11.7. The van der Waals surface area contributed by atoms with Crippen molar-refractivity contribution in [3.05, 3.63) is 24.3 Å². The van der Waals surface area contributed by atoms with Crippen LogP contribution in [0.4, 0.5) is 0 Å². The molecule has 1 aromatic rings. The fraction of sp³-hybridized carbons (Fsp3) is 0.333. The van der Waals surface area contributed by atoms with Crippen molar-refractivity contribution in [3.8, 4) is 5.75 Å². The third kappa shape index (κ3) is 4.19. The maximum absolute atomic E-state index is 11.7. The number of para-hydroxylation sites is 1. The standard InChI is InChI=1S/C9H13O2Si.ClH.Mg/c1-11-8-6-4-5-7-9(8)12(2,3)10;;/h4-7H,1-3H3;1H;/q-1;;+2/p-1. The molecule has 0 N–H and O–H groups in total. The summed E-state index contributed by atoms with van der Waals surface area (Å²) in [6.07, 6.45) is 0. The van der Waals surface area contributed by atoms with E-state index >= 15 is 0 Å². The molecule has 0 amide bonds. The van der Waals surface area contributed by atoms with Crippen LogP contribution in [-0.2, 0) is 0 Å². The van der Waals surface area contributed by atoms with Crippen LogP contribution in [-0.4, -0.2) is 38.5 Å². The zero-order valence-corrected chi connectivity index (χ0v) is 11.9. The maximum Gasteiger partial charge on any atom is 2.00 e. The van der Waals surface area contributed by atoms with Gasteiger partial charge in [0.2, 0.25) is 0 Å². The predicted octanol–water partition coefficient (Wildman–Crippen LogP) is -2.91. The molecule has 0 heterocycles. The molecule has 2 nitrogen and oxygen atoms in total. The minimum atomic E-state index is -2.47. The second-order valence-electron chi connectivity index (χ2n) is 3.21. The monoisotopic (exact) mass is 240 g/mol. The Morgan fingerprint density at radius 2 is 1.71 bits per heavy atom. The minimum Gasteiger partial charge on any atom is -1.00 e. The zero-order valence-electron chi connectivity index (χ0n) is 8.71. The number of rotatable bonds is 2. The van der Waals surface area contributed by atoms with E-state index in [1.807, 2.05) is 24.3 Å². The largest absolute Gasteiger partial charge is 2.00 e. The molecule has 0 radical (unpaired) electrons. The Labute approximate surface area is 108 Å². The first-order chi connectivity index (χ1) is 5.55. The average molecular weight is 241 g/mol. The number of hydrogen-bond acceptors (Lipinski definition) is 2. The van der Waals surface area contributed by atoms with Crippen molar-refractivity contribution in [2.24, 2.45) is 0 Å². The van der Waals surface area contributed by atoms with Crippen LogP contribution in [0.2, 0.25) is 13.1 Å². The van der Waals surface area contributed by atoms with E-state index in [4.69, 9.17) is 4.74 Å². The van der Waals surface area contributed by atoms with Gasteiger partial charge in [-0.25, -0.2) is 0 Å². The van der Waals surface area contributed by atoms with Crippen molar-refractivity contribution in [1.82, 2.24) is 0 Å². The van der Waals surface area contributed by atoms with Crippen LogP contribution in [0.3, 0.4) is 0 Å². The summed E-state index contributed by atoms with van der Waals surface area (Å²) in [6.45, 7) is 3.54. The van der Waals surface area contributed by atoms with Crippen LogP contribution >= 0.6 is 0 Å². The quantitative estimate of drug-likeness (QED) is 0.520. The molecular weight excluding hydrogens is 228 g/mol. The van der Waals surface area contributed by atoms with Gasteiger partial charge < -0.3 is 21.9 Å². The summed E-state index contributed by atoms with van der Waals surface area (Å²) in [5.74, 6) is 0.726. The molecule has 0 aliphatic rings. The average Bonchev–Trinajstić information content (AvgIpc) is 2.03. The van der Waals surface area contributed by atoms with Crippen LogP contribution in [0.1, 0.15) is 0 Å². The Kier molecular flexibility index (Phi) is 7.96. The van der Waals surface area contributed by atoms with E-state index in [-0.39, 0.29) is 35.5 Å². The van der Waals surface area contributed by atoms with Gasteiger partial charge in [-0.15, -0.1) is 0 Å². The van der Waals surface area contributed by atoms with E-state index in [2.05, 4.69) is 0 Å².